The Kier molecular flexibility index (Phi) is 11.3. The first-order valence-electron chi connectivity index (χ1n) is 16.5. The van der Waals surface area contributed by atoms with E-state index in [-0.39, 0.29) is 38.2 Å². The number of ether oxygens (including phenoxy) is 2. The lowest BCUT2D eigenvalue weighted by molar-refractivity contribution is -0.122. The van der Waals surface area contributed by atoms with Crippen molar-refractivity contribution in [2.24, 2.45) is 0 Å². The molecule has 0 radical (unpaired) electrons. The van der Waals surface area contributed by atoms with Gasteiger partial charge in [0.05, 0.1) is 34.6 Å². The molecule has 6 rings (SSSR count). The number of carbonyl (C=O) groups is 2. The van der Waals surface area contributed by atoms with Crippen molar-refractivity contribution < 1.29 is 29.3 Å². The molecule has 2 aliphatic rings. The third-order valence-corrected chi connectivity index (χ3v) is 9.90. The maximum absolute atomic E-state index is 12.7. The third kappa shape index (κ3) is 7.46. The molecule has 10 nitrogen and oxygen atoms in total. The number of benzene rings is 4. The van der Waals surface area contributed by atoms with Crippen LogP contribution in [0.5, 0.6) is 11.5 Å². The van der Waals surface area contributed by atoms with Crippen LogP contribution in [0.3, 0.4) is 0 Å². The summed E-state index contributed by atoms with van der Waals surface area (Å²) >= 11 is 14.3. The van der Waals surface area contributed by atoms with E-state index in [1.165, 1.54) is 0 Å². The van der Waals surface area contributed by atoms with E-state index in [0.29, 0.717) is 72.2 Å². The van der Waals surface area contributed by atoms with Crippen molar-refractivity contribution in [2.45, 2.75) is 0 Å². The van der Waals surface area contributed by atoms with E-state index >= 15 is 0 Å². The fourth-order valence-corrected chi connectivity index (χ4v) is 6.94. The number of aliphatic hydroxyl groups excluding tert-OH is 2. The highest BCUT2D eigenvalue weighted by Crippen LogP contribution is 2.45. The molecule has 4 aromatic carbocycles. The van der Waals surface area contributed by atoms with Gasteiger partial charge in [0.25, 0.3) is 11.8 Å². The molecule has 4 aromatic rings. The van der Waals surface area contributed by atoms with Crippen LogP contribution >= 0.6 is 23.2 Å². The Morgan fingerprint density at radius 2 is 1.02 bits per heavy atom. The largest absolute Gasteiger partial charge is 0.482 e. The molecule has 0 bridgehead atoms. The highest BCUT2D eigenvalue weighted by molar-refractivity contribution is 6.39. The van der Waals surface area contributed by atoms with Gasteiger partial charge in [-0.05, 0) is 49.5 Å². The third-order valence-electron chi connectivity index (χ3n) is 9.09. The Hall–Kier alpha value is -4.16. The number of rotatable bonds is 13. The molecule has 0 saturated heterocycles. The van der Waals surface area contributed by atoms with Gasteiger partial charge in [-0.15, -0.1) is 0 Å². The molecule has 2 N–H and O–H groups in total. The summed E-state index contributed by atoms with van der Waals surface area (Å²) in [5.74, 6) is 0.965. The number of anilines is 2. The Morgan fingerprint density at radius 1 is 0.620 bits per heavy atom. The summed E-state index contributed by atoms with van der Waals surface area (Å²) in [7, 11) is 3.81. The van der Waals surface area contributed by atoms with E-state index in [1.807, 2.05) is 96.7 Å². The second-order valence-corrected chi connectivity index (χ2v) is 13.2. The maximum Gasteiger partial charge on any atom is 0.265 e. The highest BCUT2D eigenvalue weighted by Gasteiger charge is 2.28. The van der Waals surface area contributed by atoms with Gasteiger partial charge in [0.1, 0.15) is 11.5 Å². The number of amides is 2. The van der Waals surface area contributed by atoms with Gasteiger partial charge < -0.3 is 39.3 Å². The minimum atomic E-state index is -0.115. The van der Waals surface area contributed by atoms with Crippen molar-refractivity contribution >= 4 is 46.4 Å². The molecule has 0 atom stereocenters. The molecule has 12 heteroatoms. The molecular weight excluding hydrogens is 679 g/mol. The first kappa shape index (κ1) is 35.7. The van der Waals surface area contributed by atoms with E-state index in [2.05, 4.69) is 0 Å². The fraction of sp³-hybridized carbons (Fsp3) is 0.316. The van der Waals surface area contributed by atoms with Crippen LogP contribution in [0.25, 0.3) is 33.4 Å². The van der Waals surface area contributed by atoms with E-state index in [1.54, 1.807) is 9.80 Å². The van der Waals surface area contributed by atoms with Crippen LogP contribution in [-0.4, -0.2) is 112 Å². The summed E-state index contributed by atoms with van der Waals surface area (Å²) in [6.07, 6.45) is 0. The van der Waals surface area contributed by atoms with Crippen LogP contribution in [0, 0.1) is 0 Å². The van der Waals surface area contributed by atoms with Crippen LogP contribution in [0.1, 0.15) is 0 Å². The standard InChI is InChI=1S/C38H40Cl2N4O6/c1-41(17-19-45)13-15-43-31-11-9-25(21-33(31)49-23-35(43)47)27-5-3-7-29(37(27)39)30-8-4-6-28(38(30)40)26-10-12-32-34(22-26)50-24-36(48)44(32)16-14-42(2)18-20-46/h3-12,21-22,45-46H,13-20,23-24H2,1-2H3. The van der Waals surface area contributed by atoms with Gasteiger partial charge >= 0.3 is 0 Å². The Morgan fingerprint density at radius 3 is 1.42 bits per heavy atom. The van der Waals surface area contributed by atoms with Crippen LogP contribution in [0.2, 0.25) is 10.0 Å². The first-order valence-corrected chi connectivity index (χ1v) is 17.3. The van der Waals surface area contributed by atoms with Gasteiger partial charge in [-0.1, -0.05) is 71.7 Å². The van der Waals surface area contributed by atoms with Gasteiger partial charge in [-0.3, -0.25) is 9.59 Å². The topological polar surface area (TPSA) is 106 Å². The zero-order valence-electron chi connectivity index (χ0n) is 28.1. The van der Waals surface area contributed by atoms with Crippen LogP contribution in [-0.2, 0) is 9.59 Å². The smallest absolute Gasteiger partial charge is 0.265 e. The monoisotopic (exact) mass is 718 g/mol. The van der Waals surface area contributed by atoms with E-state index in [0.717, 1.165) is 33.4 Å². The molecule has 0 aromatic heterocycles. The summed E-state index contributed by atoms with van der Waals surface area (Å²) in [6.45, 7) is 3.24. The number of nitrogens with zero attached hydrogens (tertiary/aromatic N) is 4. The Balaban J connectivity index is 1.27. The van der Waals surface area contributed by atoms with Crippen LogP contribution in [0.4, 0.5) is 11.4 Å². The Bertz CT molecular complexity index is 1750. The van der Waals surface area contributed by atoms with Crippen LogP contribution in [0.15, 0.2) is 72.8 Å². The SMILES string of the molecule is CN(CCO)CCN1C(=O)COc2cc(-c3cccc(-c4cccc(-c5ccc6c(c5)OCC(=O)N6CCN(C)CCO)c4Cl)c3Cl)ccc21. The summed E-state index contributed by atoms with van der Waals surface area (Å²) in [5.41, 5.74) is 6.17. The van der Waals surface area contributed by atoms with Crippen LogP contribution < -0.4 is 19.3 Å². The van der Waals surface area contributed by atoms with Crippen molar-refractivity contribution in [1.29, 1.82) is 0 Å². The first-order chi connectivity index (χ1) is 24.2. The average Bonchev–Trinajstić information content (AvgIpc) is 3.11. The van der Waals surface area contributed by atoms with E-state index in [4.69, 9.17) is 32.7 Å². The summed E-state index contributed by atoms with van der Waals surface area (Å²) in [5, 5.41) is 19.5. The molecule has 0 aliphatic carbocycles. The second kappa shape index (κ2) is 15.8. The molecule has 2 aliphatic heterocycles. The highest BCUT2D eigenvalue weighted by atomic mass is 35.5. The predicted octanol–water partition coefficient (Wildman–Crippen LogP) is 5.29. The molecule has 2 heterocycles. The van der Waals surface area contributed by atoms with Crippen molar-refractivity contribution in [1.82, 2.24) is 9.80 Å². The zero-order valence-corrected chi connectivity index (χ0v) is 29.6. The number of likely N-dealkylation sites (N-methyl/N-ethyl adjacent to an activating group) is 2. The van der Waals surface area contributed by atoms with Gasteiger partial charge in [-0.2, -0.15) is 0 Å². The summed E-state index contributed by atoms with van der Waals surface area (Å²) < 4.78 is 11.7. The lowest BCUT2D eigenvalue weighted by Crippen LogP contribution is -2.43. The van der Waals surface area contributed by atoms with E-state index in [9.17, 15) is 19.8 Å². The Labute approximate surface area is 301 Å². The number of aliphatic hydroxyl groups is 2. The molecule has 262 valence electrons. The quantitative estimate of drug-likeness (QED) is 0.192. The number of hydrogen-bond acceptors (Lipinski definition) is 8. The molecule has 0 spiro atoms. The summed E-state index contributed by atoms with van der Waals surface area (Å²) in [4.78, 5) is 32.9. The molecule has 0 fully saturated rings. The fourth-order valence-electron chi connectivity index (χ4n) is 6.27. The second-order valence-electron chi connectivity index (χ2n) is 12.4. The lowest BCUT2D eigenvalue weighted by Gasteiger charge is -2.31. The molecule has 0 unspecified atom stereocenters. The van der Waals surface area contributed by atoms with Crippen molar-refractivity contribution in [3.63, 3.8) is 0 Å². The number of halogens is 2. The minimum absolute atomic E-state index is 0.0552. The number of carbonyl (C=O) groups excluding carboxylic acids is 2. The molecule has 50 heavy (non-hydrogen) atoms. The predicted molar refractivity (Wildman–Crippen MR) is 198 cm³/mol. The van der Waals surface area contributed by atoms with Crippen molar-refractivity contribution in [3.05, 3.63) is 82.8 Å². The van der Waals surface area contributed by atoms with Gasteiger partial charge in [-0.25, -0.2) is 0 Å². The van der Waals surface area contributed by atoms with E-state index < -0.39 is 0 Å². The molecule has 0 saturated carbocycles. The number of fused-ring (bicyclic) bond motifs is 2. The normalized spacial score (nSPS) is 14.2. The van der Waals surface area contributed by atoms with Crippen molar-refractivity contribution in [2.75, 3.05) is 89.6 Å². The number of hydrogen-bond donors (Lipinski definition) is 2. The minimum Gasteiger partial charge on any atom is -0.482 e. The van der Waals surface area contributed by atoms with Gasteiger partial charge in [0.15, 0.2) is 13.2 Å². The zero-order chi connectivity index (χ0) is 35.4. The lowest BCUT2D eigenvalue weighted by atomic mass is 9.95. The van der Waals surface area contributed by atoms with Gasteiger partial charge in [0.2, 0.25) is 0 Å². The van der Waals surface area contributed by atoms with Crippen molar-refractivity contribution in [3.8, 4) is 44.9 Å². The molecule has 2 amide bonds. The summed E-state index contributed by atoms with van der Waals surface area (Å²) in [6, 6.07) is 23.0. The maximum atomic E-state index is 12.7. The van der Waals surface area contributed by atoms with Gasteiger partial charge in [0, 0.05) is 61.5 Å². The average molecular weight is 720 g/mol. The molecular formula is C38H40Cl2N4O6.